The minimum Gasteiger partial charge on any atom is -0.396 e. The second kappa shape index (κ2) is 9.73. The fraction of sp³-hybridized carbons (Fsp3) is 0.158. The highest BCUT2D eigenvalue weighted by Crippen LogP contribution is 2.35. The molecule has 0 saturated carbocycles. The number of rotatable bonds is 8. The van der Waals surface area contributed by atoms with E-state index in [9.17, 15) is 29.8 Å². The van der Waals surface area contributed by atoms with Crippen molar-refractivity contribution in [3.8, 4) is 0 Å². The summed E-state index contributed by atoms with van der Waals surface area (Å²) in [7, 11) is 0. The van der Waals surface area contributed by atoms with Crippen LogP contribution in [0.15, 0.2) is 52.3 Å². The lowest BCUT2D eigenvalue weighted by Crippen LogP contribution is -2.27. The molecule has 0 radical (unpaired) electrons. The van der Waals surface area contributed by atoms with Crippen molar-refractivity contribution in [3.05, 3.63) is 78.7 Å². The van der Waals surface area contributed by atoms with Gasteiger partial charge in [-0.2, -0.15) is 0 Å². The second-order valence-corrected chi connectivity index (χ2v) is 8.38. The standard InChI is InChI=1S/C19H15N3O7S2/c23-7-8-30-16-6-3-13(9-15(16)22(28)29)10-17-18(24)20(19(25)31-17)11-12-1-4-14(5-2-12)21(26)27/h1-6,9-10,23H,7-8,11H2. The van der Waals surface area contributed by atoms with Crippen molar-refractivity contribution in [1.29, 1.82) is 0 Å². The Labute approximate surface area is 184 Å². The van der Waals surface area contributed by atoms with Crippen LogP contribution in [0.4, 0.5) is 16.2 Å². The van der Waals surface area contributed by atoms with E-state index in [0.717, 1.165) is 28.4 Å². The van der Waals surface area contributed by atoms with Crippen molar-refractivity contribution < 1.29 is 24.5 Å². The summed E-state index contributed by atoms with van der Waals surface area (Å²) in [6.45, 7) is -0.164. The molecule has 1 saturated heterocycles. The number of hydrogen-bond acceptors (Lipinski definition) is 9. The normalized spacial score (nSPS) is 15.0. The van der Waals surface area contributed by atoms with E-state index in [2.05, 4.69) is 0 Å². The van der Waals surface area contributed by atoms with Gasteiger partial charge in [-0.1, -0.05) is 18.2 Å². The van der Waals surface area contributed by atoms with E-state index in [1.54, 1.807) is 6.07 Å². The smallest absolute Gasteiger partial charge is 0.293 e. The number of nitro groups is 2. The molecule has 2 aromatic carbocycles. The lowest BCUT2D eigenvalue weighted by atomic mass is 10.1. The first kappa shape index (κ1) is 22.5. The number of aliphatic hydroxyl groups is 1. The van der Waals surface area contributed by atoms with Crippen LogP contribution in [0.2, 0.25) is 0 Å². The quantitative estimate of drug-likeness (QED) is 0.268. The highest BCUT2D eigenvalue weighted by molar-refractivity contribution is 8.18. The van der Waals surface area contributed by atoms with Crippen LogP contribution in [-0.4, -0.2) is 43.4 Å². The van der Waals surface area contributed by atoms with E-state index in [-0.39, 0.29) is 29.4 Å². The minimum atomic E-state index is -0.547. The van der Waals surface area contributed by atoms with Gasteiger partial charge in [0, 0.05) is 24.0 Å². The molecular formula is C19H15N3O7S2. The van der Waals surface area contributed by atoms with Gasteiger partial charge in [-0.05, 0) is 35.0 Å². The van der Waals surface area contributed by atoms with E-state index in [4.69, 9.17) is 5.11 Å². The molecule has 1 N–H and O–H groups in total. The summed E-state index contributed by atoms with van der Waals surface area (Å²) in [5, 5.41) is 30.5. The van der Waals surface area contributed by atoms with Crippen LogP contribution in [0.1, 0.15) is 11.1 Å². The maximum Gasteiger partial charge on any atom is 0.293 e. The predicted molar refractivity (Wildman–Crippen MR) is 116 cm³/mol. The Balaban J connectivity index is 1.80. The van der Waals surface area contributed by atoms with Crippen LogP contribution in [0.3, 0.4) is 0 Å². The van der Waals surface area contributed by atoms with Crippen molar-refractivity contribution >= 4 is 52.1 Å². The van der Waals surface area contributed by atoms with Crippen LogP contribution in [0.5, 0.6) is 0 Å². The van der Waals surface area contributed by atoms with Crippen molar-refractivity contribution in [3.63, 3.8) is 0 Å². The summed E-state index contributed by atoms with van der Waals surface area (Å²) in [5.74, 6) is -0.239. The van der Waals surface area contributed by atoms with Gasteiger partial charge in [0.1, 0.15) is 0 Å². The molecule has 1 heterocycles. The molecule has 3 rings (SSSR count). The molecule has 0 spiro atoms. The first-order valence-electron chi connectivity index (χ1n) is 8.81. The van der Waals surface area contributed by atoms with E-state index in [0.29, 0.717) is 21.8 Å². The molecule has 1 fully saturated rings. The first-order chi connectivity index (χ1) is 14.8. The number of carbonyl (C=O) groups is 2. The van der Waals surface area contributed by atoms with Crippen molar-refractivity contribution in [1.82, 2.24) is 4.90 Å². The second-order valence-electron chi connectivity index (χ2n) is 6.25. The maximum absolute atomic E-state index is 12.7. The Morgan fingerprint density at radius 1 is 1.06 bits per heavy atom. The van der Waals surface area contributed by atoms with Crippen LogP contribution >= 0.6 is 23.5 Å². The van der Waals surface area contributed by atoms with Crippen molar-refractivity contribution in [2.45, 2.75) is 11.4 Å². The lowest BCUT2D eigenvalue weighted by molar-refractivity contribution is -0.387. The molecule has 0 bridgehead atoms. The van der Waals surface area contributed by atoms with E-state index < -0.39 is 21.0 Å². The van der Waals surface area contributed by atoms with Crippen LogP contribution in [-0.2, 0) is 11.3 Å². The number of carbonyl (C=O) groups excluding carboxylic acids is 2. The summed E-state index contributed by atoms with van der Waals surface area (Å²) in [6.07, 6.45) is 1.41. The largest absolute Gasteiger partial charge is 0.396 e. The Morgan fingerprint density at radius 3 is 2.39 bits per heavy atom. The van der Waals surface area contributed by atoms with E-state index in [1.807, 2.05) is 0 Å². The SMILES string of the molecule is O=C1SC(=Cc2ccc(SCCO)c([N+](=O)[O-])c2)C(=O)N1Cc1ccc([N+](=O)[O-])cc1. The van der Waals surface area contributed by atoms with Gasteiger partial charge in [0.05, 0.1) is 32.8 Å². The molecular weight excluding hydrogens is 446 g/mol. The van der Waals surface area contributed by atoms with Gasteiger partial charge in [-0.15, -0.1) is 11.8 Å². The molecule has 0 atom stereocenters. The average Bonchev–Trinajstić information content (AvgIpc) is 3.00. The number of non-ortho nitro benzene ring substituents is 1. The number of nitrogens with zero attached hydrogens (tertiary/aromatic N) is 3. The third-order valence-electron chi connectivity index (χ3n) is 4.19. The number of benzene rings is 2. The van der Waals surface area contributed by atoms with Gasteiger partial charge in [0.2, 0.25) is 0 Å². The number of thioether (sulfide) groups is 2. The predicted octanol–water partition coefficient (Wildman–Crippen LogP) is 3.82. The topological polar surface area (TPSA) is 144 Å². The molecule has 0 aromatic heterocycles. The Hall–Kier alpha value is -3.22. The summed E-state index contributed by atoms with van der Waals surface area (Å²) >= 11 is 1.86. The molecule has 0 aliphatic carbocycles. The maximum atomic E-state index is 12.7. The number of hydrogen-bond donors (Lipinski definition) is 1. The zero-order valence-electron chi connectivity index (χ0n) is 15.8. The third-order valence-corrected chi connectivity index (χ3v) is 6.14. The van der Waals surface area contributed by atoms with Crippen LogP contribution in [0, 0.1) is 20.2 Å². The Bertz CT molecular complexity index is 1090. The summed E-state index contributed by atoms with van der Waals surface area (Å²) in [5.41, 5.74) is 0.688. The molecule has 1 aliphatic rings. The number of nitro benzene ring substituents is 2. The first-order valence-corrected chi connectivity index (χ1v) is 10.6. The monoisotopic (exact) mass is 461 g/mol. The van der Waals surface area contributed by atoms with Crippen molar-refractivity contribution in [2.24, 2.45) is 0 Å². The van der Waals surface area contributed by atoms with Gasteiger partial charge in [0.25, 0.3) is 22.5 Å². The van der Waals surface area contributed by atoms with Gasteiger partial charge in [0.15, 0.2) is 0 Å². The molecule has 2 aromatic rings. The van der Waals surface area contributed by atoms with Gasteiger partial charge in [-0.25, -0.2) is 0 Å². The minimum absolute atomic E-state index is 0.0448. The van der Waals surface area contributed by atoms with Crippen LogP contribution in [0.25, 0.3) is 6.08 Å². The molecule has 0 unspecified atom stereocenters. The molecule has 12 heteroatoms. The van der Waals surface area contributed by atoms with Gasteiger partial charge < -0.3 is 5.11 Å². The molecule has 1 aliphatic heterocycles. The summed E-state index contributed by atoms with van der Waals surface area (Å²) in [4.78, 5) is 47.5. The van der Waals surface area contributed by atoms with Crippen molar-refractivity contribution in [2.75, 3.05) is 12.4 Å². The summed E-state index contributed by atoms with van der Waals surface area (Å²) in [6, 6.07) is 9.96. The average molecular weight is 461 g/mol. The summed E-state index contributed by atoms with van der Waals surface area (Å²) < 4.78 is 0. The molecule has 10 nitrogen and oxygen atoms in total. The molecule has 31 heavy (non-hydrogen) atoms. The highest BCUT2D eigenvalue weighted by Gasteiger charge is 2.35. The fourth-order valence-corrected chi connectivity index (χ4v) is 4.33. The number of aliphatic hydroxyl groups excluding tert-OH is 1. The molecule has 2 amide bonds. The number of imide groups is 1. The third kappa shape index (κ3) is 5.29. The zero-order chi connectivity index (χ0) is 22.5. The van der Waals surface area contributed by atoms with E-state index >= 15 is 0 Å². The fourth-order valence-electron chi connectivity index (χ4n) is 2.74. The Kier molecular flexibility index (Phi) is 7.05. The van der Waals surface area contributed by atoms with Gasteiger partial charge >= 0.3 is 0 Å². The zero-order valence-corrected chi connectivity index (χ0v) is 17.4. The number of amides is 2. The lowest BCUT2D eigenvalue weighted by Gasteiger charge is -2.12. The highest BCUT2D eigenvalue weighted by atomic mass is 32.2. The van der Waals surface area contributed by atoms with Gasteiger partial charge in [-0.3, -0.25) is 34.7 Å². The van der Waals surface area contributed by atoms with E-state index in [1.165, 1.54) is 42.5 Å². The molecule has 160 valence electrons. The Morgan fingerprint density at radius 2 is 1.77 bits per heavy atom. The van der Waals surface area contributed by atoms with Crippen LogP contribution < -0.4 is 0 Å².